The number of nitrogens with zero attached hydrogens (tertiary/aromatic N) is 3. The van der Waals surface area contributed by atoms with E-state index in [4.69, 9.17) is 14.2 Å². The average Bonchev–Trinajstić information content (AvgIpc) is 3.61. The summed E-state index contributed by atoms with van der Waals surface area (Å²) in [5.74, 6) is 1.87. The van der Waals surface area contributed by atoms with Crippen LogP contribution in [0.25, 0.3) is 17.2 Å². The number of amides is 1. The first-order chi connectivity index (χ1) is 26.7. The van der Waals surface area contributed by atoms with Gasteiger partial charge in [-0.3, -0.25) is 13.8 Å². The number of carbonyl (C=O) groups excluding carboxylic acids is 2. The molecule has 10 nitrogen and oxygen atoms in total. The van der Waals surface area contributed by atoms with Crippen molar-refractivity contribution < 1.29 is 28.0 Å². The van der Waals surface area contributed by atoms with Crippen molar-refractivity contribution in [3.63, 3.8) is 0 Å². The zero-order valence-corrected chi connectivity index (χ0v) is 33.6. The summed E-state index contributed by atoms with van der Waals surface area (Å²) in [7, 11) is -1.34. The number of unbranched alkanes of at least 4 members (excludes halogenated alkanes) is 1. The van der Waals surface area contributed by atoms with Crippen LogP contribution in [-0.4, -0.2) is 65.2 Å². The molecule has 1 aliphatic rings. The molecule has 4 aromatic rings. The maximum absolute atomic E-state index is 13.8. The lowest BCUT2D eigenvalue weighted by Crippen LogP contribution is -2.30. The molecule has 3 aromatic carbocycles. The fourth-order valence-corrected chi connectivity index (χ4v) is 7.59. The van der Waals surface area contributed by atoms with Crippen LogP contribution in [0.4, 0.5) is 11.4 Å². The monoisotopic (exact) mass is 768 g/mol. The van der Waals surface area contributed by atoms with Gasteiger partial charge in [0.1, 0.15) is 18.2 Å². The summed E-state index contributed by atoms with van der Waals surface area (Å²) < 4.78 is 31.7. The van der Waals surface area contributed by atoms with Crippen LogP contribution in [-0.2, 0) is 42.2 Å². The summed E-state index contributed by atoms with van der Waals surface area (Å²) in [5, 5.41) is 3.08. The standard InChI is InChI=1S/C44H56N4O6S/c1-5-7-26-52-27-28-54-39-17-12-34(13-18-39)35-14-21-41-37(29-35)30-36(10-8-24-48(41)31-33(3)4)44(50)46-38-15-19-40(20-16-38)55(51)32-42-45-22-25-47(42)23-9-11-43(49)53-6-2/h12-22,25,29-30,33H,5-11,23-24,26-28,31-32H2,1-4H3,(H,46,50). The molecular formula is C44H56N4O6S. The van der Waals surface area contributed by atoms with E-state index in [0.29, 0.717) is 68.0 Å². The molecule has 0 saturated heterocycles. The zero-order chi connectivity index (χ0) is 39.0. The van der Waals surface area contributed by atoms with Gasteiger partial charge in [0.2, 0.25) is 0 Å². The number of nitrogens with one attached hydrogen (secondary N) is 1. The third kappa shape index (κ3) is 12.7. The van der Waals surface area contributed by atoms with Crippen LogP contribution in [0, 0.1) is 5.92 Å². The van der Waals surface area contributed by atoms with Crippen LogP contribution in [0.5, 0.6) is 5.75 Å². The van der Waals surface area contributed by atoms with Crippen LogP contribution >= 0.6 is 0 Å². The van der Waals surface area contributed by atoms with Crippen molar-refractivity contribution in [2.24, 2.45) is 5.92 Å². The molecular weight excluding hydrogens is 713 g/mol. The van der Waals surface area contributed by atoms with Gasteiger partial charge < -0.3 is 29.0 Å². The Labute approximate surface area is 328 Å². The van der Waals surface area contributed by atoms with Gasteiger partial charge in [-0.25, -0.2) is 4.98 Å². The molecule has 11 heteroatoms. The molecule has 1 aliphatic heterocycles. The maximum atomic E-state index is 13.8. The number of hydrogen-bond donors (Lipinski definition) is 1. The molecule has 1 aromatic heterocycles. The van der Waals surface area contributed by atoms with E-state index in [0.717, 1.165) is 72.7 Å². The summed E-state index contributed by atoms with van der Waals surface area (Å²) in [6.07, 6.45) is 10.2. The number of aryl methyl sites for hydroxylation is 1. The first-order valence-corrected chi connectivity index (χ1v) is 20.9. The molecule has 0 bridgehead atoms. The fraction of sp³-hybridized carbons (Fsp3) is 0.432. The van der Waals surface area contributed by atoms with Gasteiger partial charge in [-0.1, -0.05) is 45.4 Å². The summed E-state index contributed by atoms with van der Waals surface area (Å²) >= 11 is 0. The van der Waals surface area contributed by atoms with Gasteiger partial charge >= 0.3 is 5.97 Å². The minimum atomic E-state index is -1.34. The van der Waals surface area contributed by atoms with Gasteiger partial charge in [-0.15, -0.1) is 0 Å². The topological polar surface area (TPSA) is 112 Å². The molecule has 0 saturated carbocycles. The van der Waals surface area contributed by atoms with Crippen molar-refractivity contribution in [3.8, 4) is 16.9 Å². The lowest BCUT2D eigenvalue weighted by molar-refractivity contribution is -0.143. The number of fused-ring (bicyclic) bond motifs is 1. The highest BCUT2D eigenvalue weighted by molar-refractivity contribution is 7.84. The highest BCUT2D eigenvalue weighted by Crippen LogP contribution is 2.33. The molecule has 0 spiro atoms. The number of imidazole rings is 1. The van der Waals surface area contributed by atoms with E-state index >= 15 is 0 Å². The lowest BCUT2D eigenvalue weighted by Gasteiger charge is -2.30. The van der Waals surface area contributed by atoms with Gasteiger partial charge in [0.25, 0.3) is 5.91 Å². The van der Waals surface area contributed by atoms with Crippen molar-refractivity contribution in [1.29, 1.82) is 0 Å². The minimum absolute atomic E-state index is 0.146. The summed E-state index contributed by atoms with van der Waals surface area (Å²) in [6.45, 7) is 13.0. The second kappa shape index (κ2) is 21.4. The molecule has 5 rings (SSSR count). The third-order valence-corrected chi connectivity index (χ3v) is 10.6. The van der Waals surface area contributed by atoms with E-state index in [1.165, 1.54) is 0 Å². The van der Waals surface area contributed by atoms with E-state index in [1.54, 1.807) is 37.4 Å². The highest BCUT2D eigenvalue weighted by atomic mass is 32.2. The van der Waals surface area contributed by atoms with Gasteiger partial charge in [0, 0.05) is 66.9 Å². The number of rotatable bonds is 20. The Hall–Kier alpha value is -4.74. The third-order valence-electron chi connectivity index (χ3n) is 9.30. The quantitative estimate of drug-likeness (QED) is 0.0703. The molecule has 0 radical (unpaired) electrons. The average molecular weight is 769 g/mol. The zero-order valence-electron chi connectivity index (χ0n) is 32.8. The number of aromatic nitrogens is 2. The van der Waals surface area contributed by atoms with Crippen LogP contribution in [0.2, 0.25) is 0 Å². The van der Waals surface area contributed by atoms with E-state index in [2.05, 4.69) is 66.3 Å². The smallest absolute Gasteiger partial charge is 0.305 e. The van der Waals surface area contributed by atoms with Crippen LogP contribution in [0.3, 0.4) is 0 Å². The number of esters is 1. The van der Waals surface area contributed by atoms with Crippen molar-refractivity contribution in [2.45, 2.75) is 83.4 Å². The normalized spacial score (nSPS) is 13.4. The molecule has 2 heterocycles. The number of hydrogen-bond acceptors (Lipinski definition) is 8. The van der Waals surface area contributed by atoms with E-state index in [1.807, 2.05) is 29.0 Å². The van der Waals surface area contributed by atoms with E-state index < -0.39 is 10.8 Å². The number of carbonyl (C=O) groups is 2. The second-order valence-corrected chi connectivity index (χ2v) is 15.6. The number of anilines is 2. The predicted octanol–water partition coefficient (Wildman–Crippen LogP) is 8.68. The Kier molecular flexibility index (Phi) is 16.1. The first kappa shape index (κ1) is 41.4. The second-order valence-electron chi connectivity index (χ2n) is 14.1. The van der Waals surface area contributed by atoms with E-state index in [-0.39, 0.29) is 17.6 Å². The molecule has 1 amide bonds. The van der Waals surface area contributed by atoms with E-state index in [9.17, 15) is 13.8 Å². The number of benzene rings is 3. The van der Waals surface area contributed by atoms with Gasteiger partial charge in [-0.2, -0.15) is 0 Å². The summed E-state index contributed by atoms with van der Waals surface area (Å²) in [6, 6.07) is 21.8. The van der Waals surface area contributed by atoms with Crippen molar-refractivity contribution in [3.05, 3.63) is 96.1 Å². The Morgan fingerprint density at radius 2 is 1.73 bits per heavy atom. The van der Waals surface area contributed by atoms with Crippen molar-refractivity contribution >= 4 is 40.1 Å². The van der Waals surface area contributed by atoms with Gasteiger partial charge in [0.15, 0.2) is 0 Å². The largest absolute Gasteiger partial charge is 0.491 e. The maximum Gasteiger partial charge on any atom is 0.305 e. The Morgan fingerprint density at radius 3 is 2.47 bits per heavy atom. The predicted molar refractivity (Wildman–Crippen MR) is 221 cm³/mol. The Bertz CT molecular complexity index is 1890. The minimum Gasteiger partial charge on any atom is -0.491 e. The summed E-state index contributed by atoms with van der Waals surface area (Å²) in [5.41, 5.74) is 5.63. The lowest BCUT2D eigenvalue weighted by atomic mass is 9.96. The Balaban J connectivity index is 1.25. The fourth-order valence-electron chi connectivity index (χ4n) is 6.51. The molecule has 294 valence electrons. The highest BCUT2D eigenvalue weighted by Gasteiger charge is 2.20. The first-order valence-electron chi connectivity index (χ1n) is 19.6. The van der Waals surface area contributed by atoms with Crippen molar-refractivity contribution in [2.75, 3.05) is 49.7 Å². The molecule has 1 N–H and O–H groups in total. The molecule has 0 aliphatic carbocycles. The van der Waals surface area contributed by atoms with Crippen LogP contribution < -0.4 is 15.0 Å². The van der Waals surface area contributed by atoms with Gasteiger partial charge in [-0.05, 0) is 110 Å². The molecule has 0 fully saturated rings. The number of ether oxygens (including phenoxy) is 3. The van der Waals surface area contributed by atoms with Gasteiger partial charge in [0.05, 0.1) is 29.8 Å². The summed E-state index contributed by atoms with van der Waals surface area (Å²) in [4.78, 5) is 33.0. The Morgan fingerprint density at radius 1 is 0.945 bits per heavy atom. The van der Waals surface area contributed by atoms with Crippen LogP contribution in [0.15, 0.2) is 89.6 Å². The van der Waals surface area contributed by atoms with Crippen molar-refractivity contribution in [1.82, 2.24) is 9.55 Å². The molecule has 55 heavy (non-hydrogen) atoms. The SMILES string of the molecule is CCCCOCCOc1ccc(-c2ccc3c(c2)C=C(C(=O)Nc2ccc(S(=O)Cc4nccn4CCCC(=O)OCC)cc2)CCCN3CC(C)C)cc1. The molecule has 1 atom stereocenters. The van der Waals surface area contributed by atoms with Crippen LogP contribution in [0.1, 0.15) is 77.6 Å². The molecule has 1 unspecified atom stereocenters.